The average molecular weight is 451 g/mol. The number of carbonyl (C=O) groups is 1. The van der Waals surface area contributed by atoms with Gasteiger partial charge in [0.2, 0.25) is 0 Å². The number of benzene rings is 1. The topological polar surface area (TPSA) is 53.9 Å². The van der Waals surface area contributed by atoms with Gasteiger partial charge in [-0.05, 0) is 37.5 Å². The van der Waals surface area contributed by atoms with E-state index in [-0.39, 0.29) is 35.8 Å². The number of aliphatic imine (C=N–C) groups is 1. The highest BCUT2D eigenvalue weighted by Gasteiger charge is 2.07. The van der Waals surface area contributed by atoms with Crippen molar-refractivity contribution in [1.82, 2.24) is 10.2 Å². The highest BCUT2D eigenvalue weighted by molar-refractivity contribution is 14.0. The molecule has 0 aliphatic rings. The van der Waals surface area contributed by atoms with Crippen molar-refractivity contribution in [2.24, 2.45) is 4.99 Å². The molecule has 136 valence electrons. The van der Waals surface area contributed by atoms with Crippen molar-refractivity contribution in [3.05, 3.63) is 35.6 Å². The summed E-state index contributed by atoms with van der Waals surface area (Å²) in [6, 6.07) is 6.55. The Kier molecular flexibility index (Phi) is 12.2. The van der Waals surface area contributed by atoms with E-state index in [4.69, 9.17) is 0 Å². The Morgan fingerprint density at radius 2 is 2.12 bits per heavy atom. The Balaban J connectivity index is 0.00000529. The summed E-state index contributed by atoms with van der Waals surface area (Å²) in [7, 11) is 3.31. The van der Waals surface area contributed by atoms with Gasteiger partial charge in [-0.15, -0.1) is 24.0 Å². The van der Waals surface area contributed by atoms with Crippen LogP contribution in [0.15, 0.2) is 29.3 Å². The van der Waals surface area contributed by atoms with Gasteiger partial charge in [0.05, 0.1) is 7.11 Å². The van der Waals surface area contributed by atoms with Crippen molar-refractivity contribution < 1.29 is 13.9 Å². The Labute approximate surface area is 160 Å². The molecule has 0 heterocycles. The summed E-state index contributed by atoms with van der Waals surface area (Å²) < 4.78 is 17.9. The molecular weight excluding hydrogens is 424 g/mol. The minimum atomic E-state index is -0.236. The second kappa shape index (κ2) is 13.0. The van der Waals surface area contributed by atoms with Crippen LogP contribution < -0.4 is 5.32 Å². The van der Waals surface area contributed by atoms with Gasteiger partial charge in [-0.25, -0.2) is 4.39 Å². The van der Waals surface area contributed by atoms with Crippen LogP contribution in [0.5, 0.6) is 0 Å². The van der Waals surface area contributed by atoms with Gasteiger partial charge in [-0.2, -0.15) is 0 Å². The van der Waals surface area contributed by atoms with E-state index < -0.39 is 0 Å². The van der Waals surface area contributed by atoms with Crippen LogP contribution in [0.1, 0.15) is 31.7 Å². The zero-order valence-electron chi connectivity index (χ0n) is 14.5. The van der Waals surface area contributed by atoms with Crippen LogP contribution in [0.25, 0.3) is 0 Å². The zero-order valence-corrected chi connectivity index (χ0v) is 16.9. The monoisotopic (exact) mass is 451 g/mol. The second-order valence-corrected chi connectivity index (χ2v) is 5.25. The minimum absolute atomic E-state index is 0. The summed E-state index contributed by atoms with van der Waals surface area (Å²) in [5, 5.41) is 3.22. The molecule has 0 aliphatic heterocycles. The molecule has 0 saturated carbocycles. The molecule has 0 fully saturated rings. The third-order valence-electron chi connectivity index (χ3n) is 3.28. The SMILES string of the molecule is CCNC(=NCCCCC(=O)OC)N(C)Cc1cccc(F)c1.I. The number of guanidine groups is 1. The number of rotatable bonds is 8. The van der Waals surface area contributed by atoms with Gasteiger partial charge in [-0.1, -0.05) is 12.1 Å². The van der Waals surface area contributed by atoms with Crippen LogP contribution in [-0.4, -0.2) is 44.1 Å². The van der Waals surface area contributed by atoms with Crippen molar-refractivity contribution in [3.63, 3.8) is 0 Å². The van der Waals surface area contributed by atoms with Crippen LogP contribution in [0.3, 0.4) is 0 Å². The first-order valence-corrected chi connectivity index (χ1v) is 7.87. The van der Waals surface area contributed by atoms with Crippen molar-refractivity contribution in [2.45, 2.75) is 32.7 Å². The number of hydrogen-bond donors (Lipinski definition) is 1. The predicted molar refractivity (Wildman–Crippen MR) is 105 cm³/mol. The maximum Gasteiger partial charge on any atom is 0.305 e. The molecule has 1 N–H and O–H groups in total. The second-order valence-electron chi connectivity index (χ2n) is 5.25. The van der Waals surface area contributed by atoms with Gasteiger partial charge < -0.3 is 15.0 Å². The highest BCUT2D eigenvalue weighted by atomic mass is 127. The Bertz CT molecular complexity index is 526. The first-order valence-electron chi connectivity index (χ1n) is 7.87. The fourth-order valence-electron chi connectivity index (χ4n) is 2.12. The third kappa shape index (κ3) is 9.05. The summed E-state index contributed by atoms with van der Waals surface area (Å²) in [5.74, 6) is 0.347. The number of carbonyl (C=O) groups excluding carboxylic acids is 1. The van der Waals surface area contributed by atoms with E-state index in [1.807, 2.05) is 24.9 Å². The molecule has 5 nitrogen and oxygen atoms in total. The van der Waals surface area contributed by atoms with Crippen molar-refractivity contribution in [1.29, 1.82) is 0 Å². The molecule has 0 bridgehead atoms. The van der Waals surface area contributed by atoms with Gasteiger partial charge in [-0.3, -0.25) is 9.79 Å². The zero-order chi connectivity index (χ0) is 17.1. The molecule has 0 spiro atoms. The molecule has 1 aromatic rings. The molecular formula is C17H27FIN3O2. The lowest BCUT2D eigenvalue weighted by Crippen LogP contribution is -2.38. The third-order valence-corrected chi connectivity index (χ3v) is 3.28. The highest BCUT2D eigenvalue weighted by Crippen LogP contribution is 2.06. The van der Waals surface area contributed by atoms with E-state index in [9.17, 15) is 9.18 Å². The number of esters is 1. The lowest BCUT2D eigenvalue weighted by molar-refractivity contribution is -0.140. The van der Waals surface area contributed by atoms with E-state index in [0.717, 1.165) is 30.9 Å². The number of ether oxygens (including phenoxy) is 1. The number of methoxy groups -OCH3 is 1. The smallest absolute Gasteiger partial charge is 0.305 e. The van der Waals surface area contributed by atoms with E-state index in [1.165, 1.54) is 19.2 Å². The number of halogens is 2. The van der Waals surface area contributed by atoms with E-state index in [1.54, 1.807) is 6.07 Å². The first kappa shape index (κ1) is 22.6. The van der Waals surface area contributed by atoms with Gasteiger partial charge in [0.15, 0.2) is 5.96 Å². The maximum absolute atomic E-state index is 13.2. The summed E-state index contributed by atoms with van der Waals surface area (Å²) in [6.07, 6.45) is 1.99. The van der Waals surface area contributed by atoms with Crippen LogP contribution in [-0.2, 0) is 16.1 Å². The first-order chi connectivity index (χ1) is 11.1. The fraction of sp³-hybridized carbons (Fsp3) is 0.529. The maximum atomic E-state index is 13.2. The van der Waals surface area contributed by atoms with E-state index in [0.29, 0.717) is 19.5 Å². The number of nitrogens with zero attached hydrogens (tertiary/aromatic N) is 2. The molecule has 0 aromatic heterocycles. The molecule has 0 saturated heterocycles. The molecule has 1 rings (SSSR count). The van der Waals surface area contributed by atoms with Gasteiger partial charge in [0, 0.05) is 33.1 Å². The summed E-state index contributed by atoms with van der Waals surface area (Å²) in [5.41, 5.74) is 0.892. The fourth-order valence-corrected chi connectivity index (χ4v) is 2.12. The van der Waals surface area contributed by atoms with Gasteiger partial charge in [0.1, 0.15) is 5.82 Å². The number of unbranched alkanes of at least 4 members (excludes halogenated alkanes) is 1. The van der Waals surface area contributed by atoms with Crippen LogP contribution in [0, 0.1) is 5.82 Å². The number of nitrogens with one attached hydrogen (secondary N) is 1. The molecule has 0 radical (unpaired) electrons. The van der Waals surface area contributed by atoms with Gasteiger partial charge >= 0.3 is 5.97 Å². The molecule has 0 aliphatic carbocycles. The molecule has 7 heteroatoms. The van der Waals surface area contributed by atoms with E-state index in [2.05, 4.69) is 15.0 Å². The Hall–Kier alpha value is -1.38. The Morgan fingerprint density at radius 1 is 1.38 bits per heavy atom. The number of hydrogen-bond acceptors (Lipinski definition) is 3. The largest absolute Gasteiger partial charge is 0.469 e. The van der Waals surface area contributed by atoms with Crippen LogP contribution in [0.4, 0.5) is 4.39 Å². The summed E-state index contributed by atoms with van der Waals surface area (Å²) in [6.45, 7) is 3.97. The lowest BCUT2D eigenvalue weighted by atomic mass is 10.2. The lowest BCUT2D eigenvalue weighted by Gasteiger charge is -2.22. The van der Waals surface area contributed by atoms with Crippen molar-refractivity contribution in [3.8, 4) is 0 Å². The van der Waals surface area contributed by atoms with Crippen molar-refractivity contribution >= 4 is 35.9 Å². The molecule has 0 atom stereocenters. The van der Waals surface area contributed by atoms with Crippen LogP contribution >= 0.6 is 24.0 Å². The van der Waals surface area contributed by atoms with Crippen LogP contribution in [0.2, 0.25) is 0 Å². The van der Waals surface area contributed by atoms with Crippen molar-refractivity contribution in [2.75, 3.05) is 27.2 Å². The average Bonchev–Trinajstić information content (AvgIpc) is 2.53. The predicted octanol–water partition coefficient (Wildman–Crippen LogP) is 3.18. The molecule has 0 amide bonds. The van der Waals surface area contributed by atoms with Gasteiger partial charge in [0.25, 0.3) is 0 Å². The molecule has 24 heavy (non-hydrogen) atoms. The normalized spacial score (nSPS) is 10.8. The quantitative estimate of drug-likeness (QED) is 0.217. The molecule has 0 unspecified atom stereocenters. The summed E-state index contributed by atoms with van der Waals surface area (Å²) >= 11 is 0. The van der Waals surface area contributed by atoms with E-state index >= 15 is 0 Å². The minimum Gasteiger partial charge on any atom is -0.469 e. The summed E-state index contributed by atoms with van der Waals surface area (Å²) in [4.78, 5) is 17.5. The standard InChI is InChI=1S/C17H26FN3O2.HI/c1-4-19-17(20-11-6-5-10-16(22)23-3)21(2)13-14-8-7-9-15(18)12-14;/h7-9,12H,4-6,10-11,13H2,1-3H3,(H,19,20);1H. The Morgan fingerprint density at radius 3 is 2.75 bits per heavy atom. The molecule has 1 aromatic carbocycles.